The molecule has 0 N–H and O–H groups in total. The van der Waals surface area contributed by atoms with E-state index < -0.39 is 5.41 Å². The Bertz CT molecular complexity index is 418. The van der Waals surface area contributed by atoms with Crippen LogP contribution < -0.4 is 0 Å². The van der Waals surface area contributed by atoms with Gasteiger partial charge in [-0.15, -0.1) is 0 Å². The number of aromatic nitrogens is 2. The molecule has 0 aliphatic heterocycles. The third-order valence-electron chi connectivity index (χ3n) is 2.67. The van der Waals surface area contributed by atoms with Crippen molar-refractivity contribution >= 4 is 15.0 Å². The normalized spacial score (nSPS) is 19.5. The lowest BCUT2D eigenvalue weighted by atomic mass is 10.2. The molecule has 5 heteroatoms. The minimum atomic E-state index is -1.53. The summed E-state index contributed by atoms with van der Waals surface area (Å²) in [6, 6.07) is 1.79. The monoisotopic (exact) mass is 242 g/mol. The molecule has 1 aliphatic carbocycles. The molecule has 0 aromatic carbocycles. The molecular weight excluding hydrogens is 226 g/mol. The van der Waals surface area contributed by atoms with Crippen molar-refractivity contribution in [3.05, 3.63) is 17.5 Å². The Labute approximate surface area is 96.6 Å². The second kappa shape index (κ2) is 3.92. The summed E-state index contributed by atoms with van der Waals surface area (Å²) in [6.45, 7) is 3.10. The first-order valence-electron chi connectivity index (χ1n) is 5.43. The first-order valence-corrected chi connectivity index (χ1v) is 6.01. The lowest BCUT2D eigenvalue weighted by molar-refractivity contribution is -0.117. The Kier molecular flexibility index (Phi) is 2.87. The molecule has 1 aromatic heterocycles. The molecule has 0 radical (unpaired) electrons. The average molecular weight is 242 g/mol. The number of halogens is 1. The molecule has 0 amide bonds. The molecule has 1 saturated carbocycles. The number of carbonyl (C=O) groups excluding carboxylic acids is 1. The zero-order valence-corrected chi connectivity index (χ0v) is 10.7. The lowest BCUT2D eigenvalue weighted by Gasteiger charge is -2.15. The van der Waals surface area contributed by atoms with E-state index in [0.717, 1.165) is 18.5 Å². The van der Waals surface area contributed by atoms with Crippen LogP contribution in [-0.2, 0) is 16.7 Å². The van der Waals surface area contributed by atoms with Crippen molar-refractivity contribution in [1.29, 1.82) is 0 Å². The third kappa shape index (κ3) is 2.49. The molecule has 1 aliphatic rings. The van der Waals surface area contributed by atoms with E-state index in [2.05, 4.69) is 14.3 Å². The zero-order chi connectivity index (χ0) is 11.9. The summed E-state index contributed by atoms with van der Waals surface area (Å²) in [7, 11) is 2.15. The van der Waals surface area contributed by atoms with Gasteiger partial charge in [-0.1, -0.05) is 9.24 Å². The fraction of sp³-hybridized carbons (Fsp3) is 0.636. The van der Waals surface area contributed by atoms with Crippen LogP contribution in [0.2, 0.25) is 0 Å². The lowest BCUT2D eigenvalue weighted by Crippen LogP contribution is -2.17. The molecule has 0 bridgehead atoms. The summed E-state index contributed by atoms with van der Waals surface area (Å²) in [6.07, 6.45) is 2.24. The van der Waals surface area contributed by atoms with Gasteiger partial charge in [-0.2, -0.15) is 5.10 Å². The molecule has 2 unspecified atom stereocenters. The number of ketones is 1. The number of rotatable bonds is 4. The van der Waals surface area contributed by atoms with Crippen molar-refractivity contribution in [2.45, 2.75) is 44.6 Å². The van der Waals surface area contributed by atoms with Crippen LogP contribution in [0.3, 0.4) is 0 Å². The van der Waals surface area contributed by atoms with Crippen LogP contribution in [0, 0.1) is 0 Å². The average Bonchev–Trinajstić information content (AvgIpc) is 2.86. The fourth-order valence-electron chi connectivity index (χ4n) is 1.74. The van der Waals surface area contributed by atoms with Gasteiger partial charge in [0.1, 0.15) is 0 Å². The Balaban J connectivity index is 2.35. The van der Waals surface area contributed by atoms with Crippen molar-refractivity contribution < 1.29 is 9.18 Å². The summed E-state index contributed by atoms with van der Waals surface area (Å²) in [5.41, 5.74) is 1.39. The van der Waals surface area contributed by atoms with Crippen molar-refractivity contribution in [2.75, 3.05) is 0 Å². The van der Waals surface area contributed by atoms with Gasteiger partial charge >= 0.3 is 0 Å². The summed E-state index contributed by atoms with van der Waals surface area (Å²) >= 11 is 0. The quantitative estimate of drug-likeness (QED) is 0.760. The number of carbonyl (C=O) groups is 1. The van der Waals surface area contributed by atoms with Crippen molar-refractivity contribution in [2.24, 2.45) is 0 Å². The first-order chi connectivity index (χ1) is 7.38. The maximum absolute atomic E-state index is 13.9. The maximum atomic E-state index is 13.9. The van der Waals surface area contributed by atoms with E-state index in [1.807, 2.05) is 0 Å². The van der Waals surface area contributed by atoms with Gasteiger partial charge in [0.25, 0.3) is 0 Å². The van der Waals surface area contributed by atoms with Crippen LogP contribution in [-0.4, -0.2) is 15.6 Å². The highest BCUT2D eigenvalue weighted by Crippen LogP contribution is 2.42. The summed E-state index contributed by atoms with van der Waals surface area (Å²) < 4.78 is 15.4. The van der Waals surface area contributed by atoms with E-state index in [1.54, 1.807) is 6.07 Å². The van der Waals surface area contributed by atoms with Crippen molar-refractivity contribution in [1.82, 2.24) is 9.78 Å². The zero-order valence-electron chi connectivity index (χ0n) is 9.53. The van der Waals surface area contributed by atoms with Crippen LogP contribution in [0.15, 0.2) is 6.07 Å². The topological polar surface area (TPSA) is 34.9 Å². The van der Waals surface area contributed by atoms with Gasteiger partial charge in [0.15, 0.2) is 11.2 Å². The van der Waals surface area contributed by atoms with Crippen LogP contribution in [0.25, 0.3) is 0 Å². The van der Waals surface area contributed by atoms with Crippen LogP contribution in [0.1, 0.15) is 44.0 Å². The molecule has 16 heavy (non-hydrogen) atoms. The molecule has 0 saturated heterocycles. The van der Waals surface area contributed by atoms with Gasteiger partial charge in [-0.25, -0.2) is 4.39 Å². The van der Waals surface area contributed by atoms with E-state index >= 15 is 0 Å². The number of alkyl halides is 1. The number of nitrogens with zero attached hydrogens (tertiary/aromatic N) is 2. The highest BCUT2D eigenvalue weighted by molar-refractivity contribution is 7.18. The summed E-state index contributed by atoms with van der Waals surface area (Å²) in [4.78, 5) is 11.1. The summed E-state index contributed by atoms with van der Waals surface area (Å²) in [5.74, 6) is 0.459. The molecule has 3 nitrogen and oxygen atoms in total. The van der Waals surface area contributed by atoms with Crippen LogP contribution in [0.5, 0.6) is 0 Å². The Morgan fingerprint density at radius 1 is 1.75 bits per heavy atom. The number of hydrogen-bond donors (Lipinski definition) is 0. The highest BCUT2D eigenvalue weighted by atomic mass is 31.0. The third-order valence-corrected chi connectivity index (χ3v) is 2.96. The van der Waals surface area contributed by atoms with E-state index in [9.17, 15) is 9.18 Å². The molecular formula is C11H16FN2OP. The van der Waals surface area contributed by atoms with Gasteiger partial charge < -0.3 is 0 Å². The minimum Gasteiger partial charge on any atom is -0.298 e. The number of hydrogen-bond acceptors (Lipinski definition) is 2. The minimum absolute atomic E-state index is 0.0130. The van der Waals surface area contributed by atoms with Gasteiger partial charge in [-0.3, -0.25) is 9.48 Å². The smallest absolute Gasteiger partial charge is 0.162 e. The molecule has 1 fully saturated rings. The molecule has 0 spiro atoms. The van der Waals surface area contributed by atoms with E-state index in [4.69, 9.17) is 0 Å². The summed E-state index contributed by atoms with van der Waals surface area (Å²) in [5, 5.41) is 2.79. The SMILES string of the molecule is CC(=O)Cn1nc(C2CC2)cc1C(C)(F)P. The predicted octanol–water partition coefficient (Wildman–Crippen LogP) is 2.37. The predicted molar refractivity (Wildman–Crippen MR) is 63.1 cm³/mol. The van der Waals surface area contributed by atoms with Crippen molar-refractivity contribution in [3.8, 4) is 0 Å². The van der Waals surface area contributed by atoms with Gasteiger partial charge in [-0.05, 0) is 32.8 Å². The molecule has 2 atom stereocenters. The number of Topliss-reactive ketones (excluding diaryl/α,β-unsaturated/α-hetero) is 1. The first kappa shape index (κ1) is 11.7. The second-order valence-corrected chi connectivity index (χ2v) is 5.75. The Hall–Kier alpha value is -0.760. The van der Waals surface area contributed by atoms with E-state index in [-0.39, 0.29) is 12.3 Å². The largest absolute Gasteiger partial charge is 0.298 e. The van der Waals surface area contributed by atoms with Crippen LogP contribution in [0.4, 0.5) is 4.39 Å². The van der Waals surface area contributed by atoms with Gasteiger partial charge in [0.05, 0.1) is 17.9 Å². The Morgan fingerprint density at radius 3 is 2.81 bits per heavy atom. The molecule has 88 valence electrons. The standard InChI is InChI=1S/C11H16FN2OP/c1-7(15)6-14-10(11(2,12)16)5-9(13-14)8-3-4-8/h5,8H,3-4,6,16H2,1-2H3. The van der Waals surface area contributed by atoms with E-state index in [1.165, 1.54) is 18.5 Å². The van der Waals surface area contributed by atoms with Crippen LogP contribution >= 0.6 is 9.24 Å². The molecule has 2 rings (SSSR count). The second-order valence-electron chi connectivity index (χ2n) is 4.66. The van der Waals surface area contributed by atoms with Gasteiger partial charge in [0.2, 0.25) is 0 Å². The van der Waals surface area contributed by atoms with Crippen molar-refractivity contribution in [3.63, 3.8) is 0 Å². The fourth-order valence-corrected chi connectivity index (χ4v) is 1.97. The maximum Gasteiger partial charge on any atom is 0.162 e. The highest BCUT2D eigenvalue weighted by Gasteiger charge is 2.31. The van der Waals surface area contributed by atoms with Gasteiger partial charge in [0, 0.05) is 5.92 Å². The van der Waals surface area contributed by atoms with E-state index in [0.29, 0.717) is 11.6 Å². The molecule has 1 aromatic rings. The Morgan fingerprint density at radius 2 is 2.38 bits per heavy atom. The molecule has 1 heterocycles.